The second-order valence-electron chi connectivity index (χ2n) is 3.64. The Labute approximate surface area is 97.3 Å². The maximum atomic E-state index is 8.49. The highest BCUT2D eigenvalue weighted by atomic mass is 16.5. The molecule has 5 nitrogen and oxygen atoms in total. The molecule has 2 N–H and O–H groups in total. The quantitative estimate of drug-likeness (QED) is 0.469. The van der Waals surface area contributed by atoms with E-state index in [1.54, 1.807) is 0 Å². The van der Waals surface area contributed by atoms with E-state index in [0.29, 0.717) is 45.6 Å². The first-order chi connectivity index (χ1) is 7.81. The summed E-state index contributed by atoms with van der Waals surface area (Å²) < 4.78 is 15.6. The summed E-state index contributed by atoms with van der Waals surface area (Å²) in [6.45, 7) is 5.42. The Kier molecular flexibility index (Phi) is 12.7. The molecule has 0 amide bonds. The molecule has 1 atom stereocenters. The van der Waals surface area contributed by atoms with E-state index in [2.05, 4.69) is 6.92 Å². The number of aliphatic hydroxyl groups excluding tert-OH is 2. The van der Waals surface area contributed by atoms with Gasteiger partial charge >= 0.3 is 0 Å². The van der Waals surface area contributed by atoms with E-state index < -0.39 is 0 Å². The van der Waals surface area contributed by atoms with Crippen LogP contribution in [0.3, 0.4) is 0 Å². The fraction of sp³-hybridized carbons (Fsp3) is 1.00. The van der Waals surface area contributed by atoms with Crippen LogP contribution >= 0.6 is 0 Å². The second-order valence-corrected chi connectivity index (χ2v) is 3.64. The van der Waals surface area contributed by atoms with Gasteiger partial charge in [-0.1, -0.05) is 6.92 Å². The van der Waals surface area contributed by atoms with Gasteiger partial charge in [-0.05, 0) is 12.3 Å². The molecular formula is C11H24O5. The first-order valence-corrected chi connectivity index (χ1v) is 5.76. The molecule has 0 aliphatic carbocycles. The topological polar surface area (TPSA) is 68.2 Å². The van der Waals surface area contributed by atoms with Crippen LogP contribution in [0.15, 0.2) is 0 Å². The summed E-state index contributed by atoms with van der Waals surface area (Å²) in [5, 5.41) is 16.9. The van der Waals surface area contributed by atoms with Gasteiger partial charge in [-0.3, -0.25) is 0 Å². The molecule has 0 aromatic rings. The van der Waals surface area contributed by atoms with E-state index in [1.807, 2.05) is 0 Å². The fourth-order valence-electron chi connectivity index (χ4n) is 1.10. The zero-order chi connectivity index (χ0) is 12.1. The van der Waals surface area contributed by atoms with Gasteiger partial charge in [-0.2, -0.15) is 0 Å². The van der Waals surface area contributed by atoms with E-state index in [1.165, 1.54) is 0 Å². The molecule has 0 saturated carbocycles. The van der Waals surface area contributed by atoms with Crippen LogP contribution < -0.4 is 0 Å². The van der Waals surface area contributed by atoms with E-state index >= 15 is 0 Å². The highest BCUT2D eigenvalue weighted by Crippen LogP contribution is 2.02. The monoisotopic (exact) mass is 236 g/mol. The largest absolute Gasteiger partial charge is 0.394 e. The van der Waals surface area contributed by atoms with Crippen molar-refractivity contribution in [1.29, 1.82) is 0 Å². The summed E-state index contributed by atoms with van der Waals surface area (Å²) in [5.74, 6) is 0.441. The van der Waals surface area contributed by atoms with Crippen molar-refractivity contribution in [2.45, 2.75) is 13.3 Å². The van der Waals surface area contributed by atoms with Gasteiger partial charge in [-0.15, -0.1) is 0 Å². The normalized spacial score (nSPS) is 12.9. The predicted molar refractivity (Wildman–Crippen MR) is 60.4 cm³/mol. The molecule has 16 heavy (non-hydrogen) atoms. The van der Waals surface area contributed by atoms with Crippen LogP contribution in [0.5, 0.6) is 0 Å². The van der Waals surface area contributed by atoms with Crippen molar-refractivity contribution in [3.05, 3.63) is 0 Å². The van der Waals surface area contributed by atoms with Crippen LogP contribution in [0.25, 0.3) is 0 Å². The van der Waals surface area contributed by atoms with E-state index in [-0.39, 0.29) is 13.2 Å². The third-order valence-electron chi connectivity index (χ3n) is 2.00. The van der Waals surface area contributed by atoms with Crippen LogP contribution in [0.1, 0.15) is 13.3 Å². The Morgan fingerprint density at radius 1 is 0.812 bits per heavy atom. The average Bonchev–Trinajstić information content (AvgIpc) is 2.29. The number of aliphatic hydroxyl groups is 2. The van der Waals surface area contributed by atoms with Crippen LogP contribution in [-0.2, 0) is 14.2 Å². The Morgan fingerprint density at radius 3 is 2.00 bits per heavy atom. The molecule has 0 bridgehead atoms. The molecule has 0 rings (SSSR count). The smallest absolute Gasteiger partial charge is 0.0701 e. The number of rotatable bonds is 12. The molecule has 0 aliphatic heterocycles. The highest BCUT2D eigenvalue weighted by Gasteiger charge is 2.02. The minimum atomic E-state index is 0.0542. The maximum absolute atomic E-state index is 8.49. The van der Waals surface area contributed by atoms with E-state index in [9.17, 15) is 0 Å². The predicted octanol–water partition coefficient (Wildman–Crippen LogP) is 0.0470. The number of hydrogen-bond acceptors (Lipinski definition) is 5. The first-order valence-electron chi connectivity index (χ1n) is 5.76. The van der Waals surface area contributed by atoms with E-state index in [0.717, 1.165) is 6.42 Å². The molecule has 0 aliphatic rings. The van der Waals surface area contributed by atoms with Crippen molar-refractivity contribution in [2.75, 3.05) is 52.9 Å². The molecule has 1 unspecified atom stereocenters. The summed E-state index contributed by atoms with van der Waals surface area (Å²) in [7, 11) is 0. The van der Waals surface area contributed by atoms with Crippen LogP contribution in [0.2, 0.25) is 0 Å². The van der Waals surface area contributed by atoms with Crippen molar-refractivity contribution in [3.63, 3.8) is 0 Å². The van der Waals surface area contributed by atoms with E-state index in [4.69, 9.17) is 24.4 Å². The first kappa shape index (κ1) is 15.8. The second kappa shape index (κ2) is 12.9. The molecule has 0 spiro atoms. The molecule has 0 radical (unpaired) electrons. The lowest BCUT2D eigenvalue weighted by Gasteiger charge is -2.12. The lowest BCUT2D eigenvalue weighted by Crippen LogP contribution is -2.13. The number of hydrogen-bond donors (Lipinski definition) is 2. The van der Waals surface area contributed by atoms with Crippen molar-refractivity contribution in [1.82, 2.24) is 0 Å². The Bertz CT molecular complexity index is 132. The molecule has 0 fully saturated rings. The minimum Gasteiger partial charge on any atom is -0.394 e. The van der Waals surface area contributed by atoms with Crippen molar-refractivity contribution < 1.29 is 24.4 Å². The van der Waals surface area contributed by atoms with Gasteiger partial charge in [0.2, 0.25) is 0 Å². The SMILES string of the molecule is CC(CCOCCO)COCCOCCO. The lowest BCUT2D eigenvalue weighted by atomic mass is 10.1. The molecular weight excluding hydrogens is 212 g/mol. The zero-order valence-electron chi connectivity index (χ0n) is 10.1. The van der Waals surface area contributed by atoms with Crippen LogP contribution in [0.4, 0.5) is 0 Å². The highest BCUT2D eigenvalue weighted by molar-refractivity contribution is 4.50. The zero-order valence-corrected chi connectivity index (χ0v) is 10.1. The molecule has 0 aromatic carbocycles. The Hall–Kier alpha value is -0.200. The van der Waals surface area contributed by atoms with Gasteiger partial charge in [0.05, 0.1) is 39.6 Å². The Balaban J connectivity index is 3.08. The van der Waals surface area contributed by atoms with Crippen molar-refractivity contribution >= 4 is 0 Å². The Morgan fingerprint density at radius 2 is 1.38 bits per heavy atom. The summed E-state index contributed by atoms with van der Waals surface area (Å²) in [4.78, 5) is 0. The van der Waals surface area contributed by atoms with Gasteiger partial charge in [0.25, 0.3) is 0 Å². The molecule has 98 valence electrons. The van der Waals surface area contributed by atoms with Crippen molar-refractivity contribution in [2.24, 2.45) is 5.92 Å². The number of ether oxygens (including phenoxy) is 3. The minimum absolute atomic E-state index is 0.0542. The standard InChI is InChI=1S/C11H24O5/c1-11(2-5-14-6-3-12)10-16-9-8-15-7-4-13/h11-13H,2-10H2,1H3. The third-order valence-corrected chi connectivity index (χ3v) is 2.00. The van der Waals surface area contributed by atoms with Gasteiger partial charge in [0.15, 0.2) is 0 Å². The average molecular weight is 236 g/mol. The summed E-state index contributed by atoms with van der Waals surface area (Å²) in [6, 6.07) is 0. The summed E-state index contributed by atoms with van der Waals surface area (Å²) in [5.41, 5.74) is 0. The van der Waals surface area contributed by atoms with Gasteiger partial charge in [-0.25, -0.2) is 0 Å². The summed E-state index contributed by atoms with van der Waals surface area (Å²) in [6.07, 6.45) is 0.928. The summed E-state index contributed by atoms with van der Waals surface area (Å²) >= 11 is 0. The molecule has 0 saturated heterocycles. The van der Waals surface area contributed by atoms with Crippen molar-refractivity contribution in [3.8, 4) is 0 Å². The molecule has 0 aromatic heterocycles. The van der Waals surface area contributed by atoms with Gasteiger partial charge in [0.1, 0.15) is 0 Å². The third kappa shape index (κ3) is 11.9. The maximum Gasteiger partial charge on any atom is 0.0701 e. The molecule has 0 heterocycles. The fourth-order valence-corrected chi connectivity index (χ4v) is 1.10. The van der Waals surface area contributed by atoms with Gasteiger partial charge in [0, 0.05) is 13.2 Å². The molecule has 5 heteroatoms. The van der Waals surface area contributed by atoms with Crippen LogP contribution in [0, 0.1) is 5.92 Å². The van der Waals surface area contributed by atoms with Crippen LogP contribution in [-0.4, -0.2) is 63.1 Å². The van der Waals surface area contributed by atoms with Gasteiger partial charge < -0.3 is 24.4 Å². The lowest BCUT2D eigenvalue weighted by molar-refractivity contribution is 0.0174.